The molecular weight excluding hydrogens is 334 g/mol. The van der Waals surface area contributed by atoms with E-state index in [4.69, 9.17) is 10.8 Å². The number of nitrogens with two attached hydrogens (primary N) is 1. The number of imidazole rings is 1. The van der Waals surface area contributed by atoms with Crippen LogP contribution in [0.4, 0.5) is 0 Å². The summed E-state index contributed by atoms with van der Waals surface area (Å²) in [5.41, 5.74) is 6.04. The quantitative estimate of drug-likeness (QED) is 0.245. The zero-order valence-corrected chi connectivity index (χ0v) is 13.8. The number of aromatic amines is 1. The number of nitrogens with one attached hydrogen (secondary N) is 3. The fraction of sp³-hybridized carbons (Fsp3) is 0.571. The zero-order chi connectivity index (χ0) is 19.1. The van der Waals surface area contributed by atoms with E-state index in [9.17, 15) is 24.6 Å². The van der Waals surface area contributed by atoms with Crippen LogP contribution in [0.25, 0.3) is 0 Å². The number of hydrogen-bond acceptors (Lipinski definition) is 7. The number of rotatable bonds is 9. The van der Waals surface area contributed by atoms with Crippen LogP contribution >= 0.6 is 0 Å². The second-order valence-electron chi connectivity index (χ2n) is 5.67. The highest BCUT2D eigenvalue weighted by Crippen LogP contribution is 2.02. The van der Waals surface area contributed by atoms with E-state index in [1.807, 2.05) is 0 Å². The van der Waals surface area contributed by atoms with Gasteiger partial charge in [0.25, 0.3) is 0 Å². The first-order valence-corrected chi connectivity index (χ1v) is 7.56. The smallest absolute Gasteiger partial charge is 0.328 e. The summed E-state index contributed by atoms with van der Waals surface area (Å²) in [6, 6.07) is -3.98. The molecule has 0 fully saturated rings. The molecule has 0 spiro atoms. The molecular formula is C14H23N5O6. The lowest BCUT2D eigenvalue weighted by molar-refractivity contribution is -0.145. The third-order valence-corrected chi connectivity index (χ3v) is 3.48. The monoisotopic (exact) mass is 357 g/mol. The molecule has 0 bridgehead atoms. The van der Waals surface area contributed by atoms with Gasteiger partial charge in [0.15, 0.2) is 6.04 Å². The Balaban J connectivity index is 2.91. The van der Waals surface area contributed by atoms with Gasteiger partial charge < -0.3 is 36.7 Å². The Hall–Kier alpha value is -2.50. The van der Waals surface area contributed by atoms with Gasteiger partial charge in [0.1, 0.15) is 12.1 Å². The van der Waals surface area contributed by atoms with Crippen LogP contribution < -0.4 is 16.4 Å². The van der Waals surface area contributed by atoms with Gasteiger partial charge in [-0.3, -0.25) is 9.59 Å². The third-order valence-electron chi connectivity index (χ3n) is 3.48. The summed E-state index contributed by atoms with van der Waals surface area (Å²) in [4.78, 5) is 42.1. The number of carbonyl (C=O) groups excluding carboxylic acids is 2. The first kappa shape index (κ1) is 20.5. The highest BCUT2D eigenvalue weighted by Gasteiger charge is 2.31. The molecule has 5 atom stereocenters. The molecule has 0 radical (unpaired) electrons. The molecule has 11 heteroatoms. The molecule has 1 aromatic rings. The molecule has 0 saturated heterocycles. The number of aliphatic hydroxyl groups is 2. The first-order valence-electron chi connectivity index (χ1n) is 7.56. The van der Waals surface area contributed by atoms with Crippen molar-refractivity contribution in [3.05, 3.63) is 18.2 Å². The number of aromatic nitrogens is 2. The summed E-state index contributed by atoms with van der Waals surface area (Å²) >= 11 is 0. The summed E-state index contributed by atoms with van der Waals surface area (Å²) in [6.07, 6.45) is 0.314. The Labute approximate surface area is 143 Å². The number of hydrogen-bond donors (Lipinski definition) is 7. The van der Waals surface area contributed by atoms with E-state index in [-0.39, 0.29) is 6.42 Å². The minimum absolute atomic E-state index is 0.0176. The molecule has 1 heterocycles. The number of H-pyrrole nitrogens is 1. The second-order valence-corrected chi connectivity index (χ2v) is 5.67. The van der Waals surface area contributed by atoms with E-state index < -0.39 is 48.1 Å². The fourth-order valence-electron chi connectivity index (χ4n) is 1.96. The van der Waals surface area contributed by atoms with Crippen LogP contribution in [0.3, 0.4) is 0 Å². The van der Waals surface area contributed by atoms with Gasteiger partial charge >= 0.3 is 5.97 Å². The second kappa shape index (κ2) is 9.11. The Bertz CT molecular complexity index is 589. The van der Waals surface area contributed by atoms with Crippen LogP contribution in [0, 0.1) is 0 Å². The molecule has 5 unspecified atom stereocenters. The van der Waals surface area contributed by atoms with Gasteiger partial charge in [0.05, 0.1) is 18.5 Å². The van der Waals surface area contributed by atoms with Crippen LogP contribution in [0.2, 0.25) is 0 Å². The number of aliphatic carboxylic acids is 1. The highest BCUT2D eigenvalue weighted by atomic mass is 16.4. The van der Waals surface area contributed by atoms with Gasteiger partial charge in [-0.1, -0.05) is 0 Å². The Morgan fingerprint density at radius 3 is 2.28 bits per heavy atom. The molecule has 0 saturated carbocycles. The normalized spacial score (nSPS) is 17.0. The molecule has 1 rings (SSSR count). The number of carbonyl (C=O) groups is 3. The van der Waals surface area contributed by atoms with Crippen LogP contribution in [0.15, 0.2) is 12.5 Å². The van der Waals surface area contributed by atoms with Gasteiger partial charge in [-0.05, 0) is 13.8 Å². The predicted molar refractivity (Wildman–Crippen MR) is 85.1 cm³/mol. The van der Waals surface area contributed by atoms with Gasteiger partial charge in [-0.15, -0.1) is 0 Å². The van der Waals surface area contributed by atoms with Crippen molar-refractivity contribution in [1.82, 2.24) is 20.6 Å². The van der Waals surface area contributed by atoms with E-state index >= 15 is 0 Å². The maximum absolute atomic E-state index is 12.4. The van der Waals surface area contributed by atoms with Crippen LogP contribution in [-0.2, 0) is 20.8 Å². The largest absolute Gasteiger partial charge is 0.480 e. The Morgan fingerprint density at radius 2 is 1.84 bits per heavy atom. The van der Waals surface area contributed by atoms with E-state index in [0.717, 1.165) is 0 Å². The maximum Gasteiger partial charge on any atom is 0.328 e. The minimum Gasteiger partial charge on any atom is -0.480 e. The SMILES string of the molecule is CC(O)C(N)C(=O)NC(Cc1cnc[nH]1)C(=O)NC(C(=O)O)C(C)O. The lowest BCUT2D eigenvalue weighted by Crippen LogP contribution is -2.58. The molecule has 11 nitrogen and oxygen atoms in total. The number of amides is 2. The molecule has 140 valence electrons. The van der Waals surface area contributed by atoms with E-state index in [1.54, 1.807) is 0 Å². The van der Waals surface area contributed by atoms with Crippen molar-refractivity contribution in [2.24, 2.45) is 5.73 Å². The van der Waals surface area contributed by atoms with Crippen molar-refractivity contribution in [2.75, 3.05) is 0 Å². The first-order chi connectivity index (χ1) is 11.6. The molecule has 8 N–H and O–H groups in total. The zero-order valence-electron chi connectivity index (χ0n) is 13.8. The topological polar surface area (TPSA) is 191 Å². The fourth-order valence-corrected chi connectivity index (χ4v) is 1.96. The Kier molecular flexibility index (Phi) is 7.48. The summed E-state index contributed by atoms with van der Waals surface area (Å²) in [5, 5.41) is 32.4. The highest BCUT2D eigenvalue weighted by molar-refractivity contribution is 5.92. The average Bonchev–Trinajstić information content (AvgIpc) is 3.02. The van der Waals surface area contributed by atoms with Crippen LogP contribution in [0.5, 0.6) is 0 Å². The molecule has 0 aromatic carbocycles. The number of carboxylic acid groups (broad SMARTS) is 1. The third kappa shape index (κ3) is 6.14. The lowest BCUT2D eigenvalue weighted by Gasteiger charge is -2.24. The van der Waals surface area contributed by atoms with Gasteiger partial charge in [-0.25, -0.2) is 9.78 Å². The summed E-state index contributed by atoms with van der Waals surface area (Å²) in [7, 11) is 0. The van der Waals surface area contributed by atoms with Crippen molar-refractivity contribution in [3.8, 4) is 0 Å². The molecule has 0 aliphatic carbocycles. The Morgan fingerprint density at radius 1 is 1.20 bits per heavy atom. The van der Waals surface area contributed by atoms with E-state index in [1.165, 1.54) is 26.4 Å². The van der Waals surface area contributed by atoms with Gasteiger partial charge in [0, 0.05) is 18.3 Å². The molecule has 0 aliphatic rings. The van der Waals surface area contributed by atoms with Crippen molar-refractivity contribution in [2.45, 2.75) is 50.6 Å². The van der Waals surface area contributed by atoms with Crippen LogP contribution in [-0.4, -0.2) is 73.4 Å². The van der Waals surface area contributed by atoms with Crippen molar-refractivity contribution < 1.29 is 29.7 Å². The number of aliphatic hydroxyl groups excluding tert-OH is 2. The molecule has 0 aliphatic heterocycles. The lowest BCUT2D eigenvalue weighted by atomic mass is 10.1. The molecule has 1 aromatic heterocycles. The molecule has 25 heavy (non-hydrogen) atoms. The van der Waals surface area contributed by atoms with Crippen molar-refractivity contribution in [1.29, 1.82) is 0 Å². The van der Waals surface area contributed by atoms with E-state index in [0.29, 0.717) is 5.69 Å². The van der Waals surface area contributed by atoms with E-state index in [2.05, 4.69) is 20.6 Å². The minimum atomic E-state index is -1.54. The summed E-state index contributed by atoms with van der Waals surface area (Å²) < 4.78 is 0. The average molecular weight is 357 g/mol. The number of carboxylic acids is 1. The van der Waals surface area contributed by atoms with Gasteiger partial charge in [-0.2, -0.15) is 0 Å². The van der Waals surface area contributed by atoms with Gasteiger partial charge in [0.2, 0.25) is 11.8 Å². The summed E-state index contributed by atoms with van der Waals surface area (Å²) in [6.45, 7) is 2.53. The van der Waals surface area contributed by atoms with Crippen molar-refractivity contribution >= 4 is 17.8 Å². The standard InChI is InChI=1S/C14H23N5O6/c1-6(20)10(15)13(23)18-9(3-8-4-16-5-17-8)12(22)19-11(7(2)21)14(24)25/h4-7,9-11,20-21H,3,15H2,1-2H3,(H,16,17)(H,18,23)(H,19,22)(H,24,25). The maximum atomic E-state index is 12.4. The predicted octanol–water partition coefficient (Wildman–Crippen LogP) is -2.90. The van der Waals surface area contributed by atoms with Crippen molar-refractivity contribution in [3.63, 3.8) is 0 Å². The summed E-state index contributed by atoms with van der Waals surface area (Å²) in [5.74, 6) is -3.02. The van der Waals surface area contributed by atoms with Crippen LogP contribution in [0.1, 0.15) is 19.5 Å². The molecule has 2 amide bonds. The number of nitrogens with zero attached hydrogens (tertiary/aromatic N) is 1.